The van der Waals surface area contributed by atoms with Gasteiger partial charge < -0.3 is 4.74 Å². The number of imide groups is 1. The zero-order valence-electron chi connectivity index (χ0n) is 15.3. The molecule has 1 aromatic rings. The minimum Gasteiger partial charge on any atom is -0.449 e. The number of carbonyl (C=O) groups is 2. The van der Waals surface area contributed by atoms with E-state index in [4.69, 9.17) is 4.74 Å². The van der Waals surface area contributed by atoms with E-state index in [2.05, 4.69) is 21.8 Å². The predicted octanol–water partition coefficient (Wildman–Crippen LogP) is 5.11. The molecule has 2 amide bonds. The number of carbonyl (C=O) groups excluding carboxylic acids is 2. The predicted molar refractivity (Wildman–Crippen MR) is 99.8 cm³/mol. The lowest BCUT2D eigenvalue weighted by Gasteiger charge is -2.05. The molecule has 0 aromatic carbocycles. The van der Waals surface area contributed by atoms with Crippen LogP contribution >= 0.6 is 11.5 Å². The standard InChI is InChI=1S/C18H31N3O3S/c1-2-3-4-5-6-7-8-9-10-11-12-13-14-24-18(23)19-17(22)16-15-25-21-20-16/h15H,2-14H2,1H3,(H,19,22,23). The molecule has 0 saturated carbocycles. The number of nitrogens with zero attached hydrogens (tertiary/aromatic N) is 2. The maximum atomic E-state index is 11.5. The summed E-state index contributed by atoms with van der Waals surface area (Å²) in [6, 6.07) is 0. The highest BCUT2D eigenvalue weighted by Gasteiger charge is 2.13. The van der Waals surface area contributed by atoms with Gasteiger partial charge in [-0.2, -0.15) is 0 Å². The number of hydrogen-bond donors (Lipinski definition) is 1. The van der Waals surface area contributed by atoms with E-state index >= 15 is 0 Å². The van der Waals surface area contributed by atoms with Crippen LogP contribution < -0.4 is 5.32 Å². The van der Waals surface area contributed by atoms with Gasteiger partial charge in [-0.25, -0.2) is 4.79 Å². The van der Waals surface area contributed by atoms with E-state index in [0.717, 1.165) is 24.4 Å². The van der Waals surface area contributed by atoms with E-state index in [1.54, 1.807) is 0 Å². The topological polar surface area (TPSA) is 81.2 Å². The molecule has 0 atom stereocenters. The zero-order valence-corrected chi connectivity index (χ0v) is 16.1. The lowest BCUT2D eigenvalue weighted by molar-refractivity contribution is 0.0913. The summed E-state index contributed by atoms with van der Waals surface area (Å²) in [6.45, 7) is 2.59. The van der Waals surface area contributed by atoms with Gasteiger partial charge >= 0.3 is 6.09 Å². The molecule has 0 bridgehead atoms. The van der Waals surface area contributed by atoms with Crippen molar-refractivity contribution in [3.63, 3.8) is 0 Å². The van der Waals surface area contributed by atoms with Crippen molar-refractivity contribution >= 4 is 23.5 Å². The van der Waals surface area contributed by atoms with Gasteiger partial charge in [0.15, 0.2) is 5.69 Å². The van der Waals surface area contributed by atoms with Gasteiger partial charge in [0.2, 0.25) is 0 Å². The van der Waals surface area contributed by atoms with E-state index in [-0.39, 0.29) is 5.69 Å². The number of aromatic nitrogens is 2. The highest BCUT2D eigenvalue weighted by molar-refractivity contribution is 7.03. The van der Waals surface area contributed by atoms with Gasteiger partial charge in [-0.3, -0.25) is 10.1 Å². The maximum absolute atomic E-state index is 11.5. The van der Waals surface area contributed by atoms with Crippen molar-refractivity contribution in [1.82, 2.24) is 14.9 Å². The molecule has 1 heterocycles. The van der Waals surface area contributed by atoms with Crippen LogP contribution in [0, 0.1) is 0 Å². The van der Waals surface area contributed by atoms with Crippen LogP contribution in [0.25, 0.3) is 0 Å². The first-order chi connectivity index (χ1) is 12.2. The Morgan fingerprint density at radius 3 is 2.04 bits per heavy atom. The molecule has 0 radical (unpaired) electrons. The number of amides is 2. The van der Waals surface area contributed by atoms with Gasteiger partial charge in [0.1, 0.15) is 0 Å². The second-order valence-corrected chi connectivity index (χ2v) is 6.88. The number of hydrogen-bond acceptors (Lipinski definition) is 6. The Morgan fingerprint density at radius 1 is 0.960 bits per heavy atom. The van der Waals surface area contributed by atoms with E-state index in [1.807, 2.05) is 0 Å². The fourth-order valence-corrected chi connectivity index (χ4v) is 3.00. The average molecular weight is 370 g/mol. The average Bonchev–Trinajstić information content (AvgIpc) is 3.13. The van der Waals surface area contributed by atoms with E-state index in [0.29, 0.717) is 6.61 Å². The number of unbranched alkanes of at least 4 members (excludes halogenated alkanes) is 11. The van der Waals surface area contributed by atoms with Crippen LogP contribution in [0.15, 0.2) is 5.38 Å². The van der Waals surface area contributed by atoms with Crippen LogP contribution in [0.4, 0.5) is 4.79 Å². The first kappa shape index (κ1) is 21.5. The number of nitrogens with one attached hydrogen (secondary N) is 1. The SMILES string of the molecule is CCCCCCCCCCCCCCOC(=O)NC(=O)c1csnn1. The van der Waals surface area contributed by atoms with Gasteiger partial charge in [0, 0.05) is 5.38 Å². The minimum atomic E-state index is -0.721. The number of alkyl carbamates (subject to hydrolysis) is 1. The summed E-state index contributed by atoms with van der Waals surface area (Å²) in [5, 5.41) is 7.20. The Kier molecular flexibility index (Phi) is 12.8. The molecule has 1 N–H and O–H groups in total. The lowest BCUT2D eigenvalue weighted by Crippen LogP contribution is -2.31. The van der Waals surface area contributed by atoms with E-state index in [1.165, 1.54) is 69.6 Å². The number of ether oxygens (including phenoxy) is 1. The molecular weight excluding hydrogens is 338 g/mol. The monoisotopic (exact) mass is 369 g/mol. The Labute approximate surface area is 154 Å². The minimum absolute atomic E-state index is 0.132. The van der Waals surface area contributed by atoms with Crippen LogP contribution in [0.1, 0.15) is 94.5 Å². The summed E-state index contributed by atoms with van der Waals surface area (Å²) < 4.78 is 8.56. The van der Waals surface area contributed by atoms with Gasteiger partial charge in [0.25, 0.3) is 5.91 Å². The van der Waals surface area contributed by atoms with Crippen LogP contribution in [0.5, 0.6) is 0 Å². The highest BCUT2D eigenvalue weighted by Crippen LogP contribution is 2.11. The van der Waals surface area contributed by atoms with E-state index in [9.17, 15) is 9.59 Å². The lowest BCUT2D eigenvalue weighted by atomic mass is 10.1. The molecule has 0 aliphatic heterocycles. The molecule has 0 fully saturated rings. The van der Waals surface area contributed by atoms with Crippen molar-refractivity contribution in [2.24, 2.45) is 0 Å². The molecule has 0 aliphatic carbocycles. The van der Waals surface area contributed by atoms with Crippen molar-refractivity contribution < 1.29 is 14.3 Å². The first-order valence-corrected chi connectivity index (χ1v) is 10.3. The van der Waals surface area contributed by atoms with Gasteiger partial charge in [-0.05, 0) is 18.0 Å². The second-order valence-electron chi connectivity index (χ2n) is 6.27. The summed E-state index contributed by atoms with van der Waals surface area (Å²) in [6.07, 6.45) is 14.4. The van der Waals surface area contributed by atoms with Gasteiger partial charge in [-0.1, -0.05) is 82.0 Å². The molecule has 142 valence electrons. The fourth-order valence-electron chi connectivity index (χ4n) is 2.56. The fraction of sp³-hybridized carbons (Fsp3) is 0.778. The molecule has 7 heteroatoms. The van der Waals surface area contributed by atoms with Crippen molar-refractivity contribution in [2.45, 2.75) is 84.0 Å². The van der Waals surface area contributed by atoms with E-state index < -0.39 is 12.0 Å². The molecular formula is C18H31N3O3S. The molecule has 0 saturated heterocycles. The largest absolute Gasteiger partial charge is 0.449 e. The maximum Gasteiger partial charge on any atom is 0.414 e. The molecule has 6 nitrogen and oxygen atoms in total. The van der Waals surface area contributed by atoms with Gasteiger partial charge in [-0.15, -0.1) is 5.10 Å². The summed E-state index contributed by atoms with van der Waals surface area (Å²) in [4.78, 5) is 23.0. The summed E-state index contributed by atoms with van der Waals surface area (Å²) >= 11 is 1.06. The first-order valence-electron chi connectivity index (χ1n) is 9.49. The Balaban J connectivity index is 1.84. The second kappa shape index (κ2) is 14.8. The van der Waals surface area contributed by atoms with Crippen molar-refractivity contribution in [2.75, 3.05) is 6.61 Å². The summed E-state index contributed by atoms with van der Waals surface area (Å²) in [5.74, 6) is -0.576. The molecule has 0 unspecified atom stereocenters. The van der Waals surface area contributed by atoms with Crippen molar-refractivity contribution in [3.05, 3.63) is 11.1 Å². The molecule has 25 heavy (non-hydrogen) atoms. The molecule has 0 aliphatic rings. The van der Waals surface area contributed by atoms with Crippen LogP contribution in [0.3, 0.4) is 0 Å². The zero-order chi connectivity index (χ0) is 18.2. The van der Waals surface area contributed by atoms with Crippen LogP contribution in [-0.2, 0) is 4.74 Å². The Bertz CT molecular complexity index is 466. The smallest absolute Gasteiger partial charge is 0.414 e. The Morgan fingerprint density at radius 2 is 1.52 bits per heavy atom. The summed E-state index contributed by atoms with van der Waals surface area (Å²) in [7, 11) is 0. The highest BCUT2D eigenvalue weighted by atomic mass is 32.1. The van der Waals surface area contributed by atoms with Crippen molar-refractivity contribution in [1.29, 1.82) is 0 Å². The quantitative estimate of drug-likeness (QED) is 0.461. The third kappa shape index (κ3) is 11.6. The molecule has 1 rings (SSSR count). The van der Waals surface area contributed by atoms with Crippen LogP contribution in [-0.4, -0.2) is 28.2 Å². The summed E-state index contributed by atoms with van der Waals surface area (Å²) in [5.41, 5.74) is 0.132. The third-order valence-electron chi connectivity index (χ3n) is 4.04. The normalized spacial score (nSPS) is 10.6. The third-order valence-corrected chi connectivity index (χ3v) is 4.54. The molecule has 1 aromatic heterocycles. The van der Waals surface area contributed by atoms with Gasteiger partial charge in [0.05, 0.1) is 6.61 Å². The number of rotatable bonds is 14. The van der Waals surface area contributed by atoms with Crippen molar-refractivity contribution in [3.8, 4) is 0 Å². The Hall–Kier alpha value is -1.50. The molecule has 0 spiro atoms. The van der Waals surface area contributed by atoms with Crippen LogP contribution in [0.2, 0.25) is 0 Å².